The lowest BCUT2D eigenvalue weighted by Crippen LogP contribution is -2.69. The van der Waals surface area contributed by atoms with Gasteiger partial charge in [0.05, 0.1) is 107 Å². The molecule has 21 aliphatic heterocycles. The third-order valence-corrected chi connectivity index (χ3v) is 20.7. The largest absolute Gasteiger partial charge is 0.459 e. The van der Waals surface area contributed by atoms with E-state index in [4.69, 9.17) is 99.5 Å². The first kappa shape index (κ1) is 87.4. The number of ether oxygens (including phenoxy) is 21. The van der Waals surface area contributed by atoms with Crippen LogP contribution in [0.4, 0.5) is 0 Å². The van der Waals surface area contributed by atoms with Crippen LogP contribution < -0.4 is 0 Å². The molecule has 21 heterocycles. The molecule has 110 heavy (non-hydrogen) atoms. The predicted octanol–water partition coefficient (Wildman–Crippen LogP) is 7.66. The highest BCUT2D eigenvalue weighted by molar-refractivity contribution is 5.69. The molecular weight excluding hydrogens is 1460 g/mol. The first-order valence-electron chi connectivity index (χ1n) is 36.0. The molecule has 0 aromatic rings. The number of azide groups is 6. The fraction of sp³-hybridized carbons (Fsp3) is 0.877. The van der Waals surface area contributed by atoms with Gasteiger partial charge in [0.25, 0.3) is 0 Å². The molecule has 608 valence electrons. The van der Waals surface area contributed by atoms with Crippen LogP contribution in [0.5, 0.6) is 0 Å². The summed E-state index contributed by atoms with van der Waals surface area (Å²) in [6, 6.07) is 0. The Morgan fingerprint density at radius 3 is 0.818 bits per heavy atom. The van der Waals surface area contributed by atoms with Gasteiger partial charge < -0.3 is 99.5 Å². The fourth-order valence-corrected chi connectivity index (χ4v) is 15.0. The molecular formula is C65H96N18O27. The lowest BCUT2D eigenvalue weighted by Gasteiger charge is -2.52. The van der Waals surface area contributed by atoms with Crippen LogP contribution in [0, 0.1) is 41.4 Å². The van der Waals surface area contributed by atoms with Crippen LogP contribution in [0.2, 0.25) is 0 Å². The van der Waals surface area contributed by atoms with Gasteiger partial charge in [-0.15, -0.1) is 6.58 Å². The summed E-state index contributed by atoms with van der Waals surface area (Å²) in [5.74, 6) is -10.3. The van der Waals surface area contributed by atoms with E-state index in [-0.39, 0.29) is 6.54 Å². The van der Waals surface area contributed by atoms with Crippen molar-refractivity contribution in [2.45, 2.75) is 276 Å². The minimum absolute atomic E-state index is 0.251. The molecule has 0 radical (unpaired) electrons. The molecule has 35 atom stereocenters. The predicted molar refractivity (Wildman–Crippen MR) is 367 cm³/mol. The van der Waals surface area contributed by atoms with E-state index < -0.39 is 289 Å². The minimum Gasteiger partial charge on any atom is -0.459 e. The number of rotatable bonds is 22. The lowest BCUT2D eigenvalue weighted by atomic mass is 9.81. The van der Waals surface area contributed by atoms with Gasteiger partial charge >= 0.3 is 35.8 Å². The highest BCUT2D eigenvalue weighted by Gasteiger charge is 2.62. The maximum absolute atomic E-state index is 13.7. The number of hydrogen-bond donors (Lipinski definition) is 0. The first-order valence-corrected chi connectivity index (χ1v) is 36.0. The molecule has 45 nitrogen and oxygen atoms in total. The van der Waals surface area contributed by atoms with Crippen molar-refractivity contribution >= 4 is 35.8 Å². The van der Waals surface area contributed by atoms with Crippen molar-refractivity contribution in [3.63, 3.8) is 0 Å². The van der Waals surface area contributed by atoms with Crippen LogP contribution in [0.1, 0.15) is 103 Å². The molecule has 21 saturated heterocycles. The maximum Gasteiger partial charge on any atom is 0.303 e. The van der Waals surface area contributed by atoms with E-state index in [2.05, 4.69) is 66.7 Å². The summed E-state index contributed by atoms with van der Waals surface area (Å²) in [7, 11) is 0. The normalized spacial score (nSPS) is 41.2. The van der Waals surface area contributed by atoms with Gasteiger partial charge in [-0.3, -0.25) is 28.8 Å². The summed E-state index contributed by atoms with van der Waals surface area (Å²) >= 11 is 0. The molecule has 21 aliphatic rings. The second-order valence-electron chi connectivity index (χ2n) is 27.9. The molecule has 21 rings (SSSR count). The zero-order valence-electron chi connectivity index (χ0n) is 63.2. The van der Waals surface area contributed by atoms with Crippen molar-refractivity contribution in [1.82, 2.24) is 0 Å². The molecule has 45 heteroatoms. The summed E-state index contributed by atoms with van der Waals surface area (Å²) in [6.45, 7) is 20.8. The molecule has 21 fully saturated rings. The monoisotopic (exact) mass is 1560 g/mol. The number of carbonyl (C=O) groups is 6. The summed E-state index contributed by atoms with van der Waals surface area (Å²) in [6.07, 6.45) is -40.5. The third-order valence-electron chi connectivity index (χ3n) is 20.7. The highest BCUT2D eigenvalue weighted by Crippen LogP contribution is 2.46. The van der Waals surface area contributed by atoms with E-state index in [0.29, 0.717) is 6.42 Å². The maximum atomic E-state index is 13.7. The molecule has 0 saturated carbocycles. The van der Waals surface area contributed by atoms with Crippen LogP contribution in [-0.2, 0) is 128 Å². The molecule has 0 aromatic carbocycles. The number of carbonyl (C=O) groups excluding carboxylic acids is 6. The summed E-state index contributed by atoms with van der Waals surface area (Å²) in [4.78, 5) is 99.2. The highest BCUT2D eigenvalue weighted by atomic mass is 16.8. The average molecular weight is 1560 g/mol. The van der Waals surface area contributed by atoms with Gasteiger partial charge in [0.1, 0.15) is 36.6 Å². The van der Waals surface area contributed by atoms with E-state index in [0.717, 1.165) is 41.5 Å². The van der Waals surface area contributed by atoms with Gasteiger partial charge in [-0.05, 0) is 57.4 Å². The quantitative estimate of drug-likeness (QED) is 0.0250. The SMILES string of the molecule is C=CCOC1C2OC(CN=[N+]=[N-])C(OC3OC(CN=[N+]=[N-])C(OC4OC(CN=[N+]=[N-])C(OC5OC(CC)C(OC6OC(CN=[N+]=[N-])C(OC7OC(CN=[N+]=[N-])C(OC8OC(CN=[N+]=[N-])C(O2)C(OC(C)=O)C8OC(C)=O)C(C)C7C)C(C)C6C)C(C)C5C)C(OC(C)=O)C4C)C(OC(C)=O)C3OC(C)=O)C1OC(C)=O. The number of esters is 6. The zero-order chi connectivity index (χ0) is 80.4. The Labute approximate surface area is 631 Å². The van der Waals surface area contributed by atoms with Gasteiger partial charge in [0.2, 0.25) is 0 Å². The third kappa shape index (κ3) is 21.3. The standard InChI is InChI=1S/C65H96N18O27/c1-16-18-90-56-53(92-33(11)85)50-42(22-75-81-69)101-63(56)109-52-44(24-77-83-71)102-64(57(95-36(14)88)55(52)94-35(13)87)106-47-27(5)30(8)61(99-40(47)20-73-79-67)105-46-26(4)29(7)60(98-39(46)19-72-78-66)104-45-25(3)28(6)59(97-38(45)17-2)107-49-41(21-74-80-68)100-62(31(9)48(49)91-32(10)84)108-51-43(23-76-82-70)103-65(110-50)58(96-37(15)89)54(51)93-34(12)86/h16,25-31,38-65H,1,17-24H2,2-15H3. The Morgan fingerprint density at radius 2 is 0.518 bits per heavy atom. The lowest BCUT2D eigenvalue weighted by molar-refractivity contribution is -0.389. The van der Waals surface area contributed by atoms with Gasteiger partial charge in [0, 0.05) is 94.7 Å². The Morgan fingerprint density at radius 1 is 0.300 bits per heavy atom. The molecule has 35 unspecified atom stereocenters. The molecule has 0 N–H and O–H groups in total. The molecule has 0 aliphatic carbocycles. The van der Waals surface area contributed by atoms with Crippen LogP contribution >= 0.6 is 0 Å². The molecule has 14 bridgehead atoms. The van der Waals surface area contributed by atoms with E-state index in [1.807, 2.05) is 34.6 Å². The van der Waals surface area contributed by atoms with Crippen LogP contribution in [0.15, 0.2) is 43.3 Å². The van der Waals surface area contributed by atoms with Crippen LogP contribution in [0.3, 0.4) is 0 Å². The van der Waals surface area contributed by atoms with E-state index in [9.17, 15) is 62.0 Å². The van der Waals surface area contributed by atoms with Crippen LogP contribution in [-0.4, -0.2) is 254 Å². The molecule has 0 spiro atoms. The second kappa shape index (κ2) is 40.8. The van der Waals surface area contributed by atoms with Gasteiger partial charge in [-0.1, -0.05) is 92.2 Å². The zero-order valence-corrected chi connectivity index (χ0v) is 63.2. The van der Waals surface area contributed by atoms with E-state index in [1.54, 1.807) is 20.8 Å². The number of nitrogens with zero attached hydrogens (tertiary/aromatic N) is 18. The van der Waals surface area contributed by atoms with Crippen molar-refractivity contribution in [2.75, 3.05) is 45.9 Å². The Balaban J connectivity index is 1.32. The van der Waals surface area contributed by atoms with Gasteiger partial charge in [-0.25, -0.2) is 0 Å². The minimum atomic E-state index is -2.06. The Bertz CT molecular complexity index is 3510. The summed E-state index contributed by atoms with van der Waals surface area (Å²) in [5.41, 5.74) is 59.3. The van der Waals surface area contributed by atoms with E-state index >= 15 is 0 Å². The summed E-state index contributed by atoms with van der Waals surface area (Å²) in [5, 5.41) is 23.0. The van der Waals surface area contributed by atoms with Crippen LogP contribution in [0.25, 0.3) is 62.7 Å². The fourth-order valence-electron chi connectivity index (χ4n) is 15.0. The molecule has 0 amide bonds. The van der Waals surface area contributed by atoms with Gasteiger partial charge in [-0.2, -0.15) is 0 Å². The van der Waals surface area contributed by atoms with Crippen molar-refractivity contribution in [1.29, 1.82) is 0 Å². The Kier molecular flexibility index (Phi) is 32.5. The second-order valence-corrected chi connectivity index (χ2v) is 27.9. The van der Waals surface area contributed by atoms with Crippen molar-refractivity contribution < 1.29 is 128 Å². The number of hydrogen-bond acceptors (Lipinski definition) is 33. The van der Waals surface area contributed by atoms with Crippen molar-refractivity contribution in [3.05, 3.63) is 75.3 Å². The van der Waals surface area contributed by atoms with Crippen molar-refractivity contribution in [3.8, 4) is 0 Å². The average Bonchev–Trinajstić information content (AvgIpc) is 0.766. The first-order chi connectivity index (χ1) is 52.6. The smallest absolute Gasteiger partial charge is 0.303 e. The van der Waals surface area contributed by atoms with E-state index in [1.165, 1.54) is 6.08 Å². The Hall–Kier alpha value is -8.18. The molecule has 0 aromatic heterocycles. The van der Waals surface area contributed by atoms with Crippen molar-refractivity contribution in [2.24, 2.45) is 72.1 Å². The topological polar surface area (TPSA) is 589 Å². The summed E-state index contributed by atoms with van der Waals surface area (Å²) < 4.78 is 138. The van der Waals surface area contributed by atoms with Gasteiger partial charge in [0.15, 0.2) is 74.6 Å².